The average Bonchev–Trinajstić information content (AvgIpc) is 2.60. The summed E-state index contributed by atoms with van der Waals surface area (Å²) < 4.78 is 5.29. The lowest BCUT2D eigenvalue weighted by Gasteiger charge is -2.24. The number of carbonyl (C=O) groups excluding carboxylic acids is 3. The number of rotatable bonds is 6. The molecular formula is C20H23N3O4. The van der Waals surface area contributed by atoms with Crippen molar-refractivity contribution in [2.45, 2.75) is 38.8 Å². The van der Waals surface area contributed by atoms with Crippen LogP contribution in [0.5, 0.6) is 0 Å². The topological polar surface area (TPSA) is 97.4 Å². The highest BCUT2D eigenvalue weighted by atomic mass is 16.6. The Balaban J connectivity index is 2.13. The summed E-state index contributed by atoms with van der Waals surface area (Å²) in [5.74, 6) is -0.365. The number of alkyl carbamates (subject to hydrolysis) is 1. The maximum Gasteiger partial charge on any atom is 0.408 e. The van der Waals surface area contributed by atoms with E-state index in [0.717, 1.165) is 5.56 Å². The molecule has 0 aliphatic heterocycles. The molecule has 0 saturated carbocycles. The van der Waals surface area contributed by atoms with Crippen molar-refractivity contribution in [2.75, 3.05) is 5.32 Å². The third-order valence-electron chi connectivity index (χ3n) is 3.51. The van der Waals surface area contributed by atoms with Gasteiger partial charge in [-0.3, -0.25) is 14.6 Å². The molecule has 1 atom stereocenters. The standard InChI is InChI=1S/C20H23N3O4/c1-20(2,3)27-19(26)23-16(14-8-5-4-6-9-14)12-18(25)22-15-10-7-11-21-17(15)13-24/h4-11,13,16H,12H2,1-3H3,(H,22,25)(H,23,26)/t16-/m0/s1. The van der Waals surface area contributed by atoms with Crippen LogP contribution in [0, 0.1) is 0 Å². The Kier molecular flexibility index (Phi) is 6.65. The highest BCUT2D eigenvalue weighted by Crippen LogP contribution is 2.19. The van der Waals surface area contributed by atoms with Crippen molar-refractivity contribution in [3.05, 3.63) is 59.9 Å². The quantitative estimate of drug-likeness (QED) is 0.760. The summed E-state index contributed by atoms with van der Waals surface area (Å²) >= 11 is 0. The number of nitrogens with one attached hydrogen (secondary N) is 2. The average molecular weight is 369 g/mol. The fraction of sp³-hybridized carbons (Fsp3) is 0.300. The molecule has 0 fully saturated rings. The van der Waals surface area contributed by atoms with Crippen LogP contribution in [0.15, 0.2) is 48.7 Å². The van der Waals surface area contributed by atoms with Crippen LogP contribution in [-0.4, -0.2) is 28.9 Å². The van der Waals surface area contributed by atoms with Crippen LogP contribution < -0.4 is 10.6 Å². The second-order valence-electron chi connectivity index (χ2n) is 6.92. The molecular weight excluding hydrogens is 346 g/mol. The number of hydrogen-bond acceptors (Lipinski definition) is 5. The lowest BCUT2D eigenvalue weighted by atomic mass is 10.0. The predicted octanol–water partition coefficient (Wildman–Crippen LogP) is 3.49. The smallest absolute Gasteiger partial charge is 0.408 e. The van der Waals surface area contributed by atoms with Crippen LogP contribution in [0.2, 0.25) is 0 Å². The number of ether oxygens (including phenoxy) is 1. The predicted molar refractivity (Wildman–Crippen MR) is 101 cm³/mol. The molecule has 0 unspecified atom stereocenters. The van der Waals surface area contributed by atoms with Crippen LogP contribution in [0.1, 0.15) is 49.3 Å². The molecule has 0 aliphatic carbocycles. The van der Waals surface area contributed by atoms with E-state index in [4.69, 9.17) is 4.74 Å². The minimum Gasteiger partial charge on any atom is -0.444 e. The lowest BCUT2D eigenvalue weighted by molar-refractivity contribution is -0.116. The van der Waals surface area contributed by atoms with Gasteiger partial charge in [0.05, 0.1) is 18.2 Å². The normalized spacial score (nSPS) is 12.0. The third kappa shape index (κ3) is 6.54. The van der Waals surface area contributed by atoms with Crippen molar-refractivity contribution in [1.82, 2.24) is 10.3 Å². The summed E-state index contributed by atoms with van der Waals surface area (Å²) in [6.45, 7) is 5.29. The first-order valence-corrected chi connectivity index (χ1v) is 8.53. The van der Waals surface area contributed by atoms with Gasteiger partial charge in [0.1, 0.15) is 11.3 Å². The zero-order valence-electron chi connectivity index (χ0n) is 15.6. The number of amides is 2. The molecule has 27 heavy (non-hydrogen) atoms. The summed E-state index contributed by atoms with van der Waals surface area (Å²) in [5, 5.41) is 5.39. The Morgan fingerprint density at radius 2 is 1.85 bits per heavy atom. The molecule has 1 aromatic heterocycles. The summed E-state index contributed by atoms with van der Waals surface area (Å²) in [5.41, 5.74) is 0.575. The van der Waals surface area contributed by atoms with Crippen molar-refractivity contribution in [2.24, 2.45) is 0 Å². The number of aldehydes is 1. The number of carbonyl (C=O) groups is 3. The minimum atomic E-state index is -0.651. The van der Waals surface area contributed by atoms with Crippen LogP contribution in [0.25, 0.3) is 0 Å². The first-order valence-electron chi connectivity index (χ1n) is 8.53. The number of aromatic nitrogens is 1. The van der Waals surface area contributed by atoms with Gasteiger partial charge in [-0.05, 0) is 38.5 Å². The molecule has 2 rings (SSSR count). The second-order valence-corrected chi connectivity index (χ2v) is 6.92. The number of nitrogens with zero attached hydrogens (tertiary/aromatic N) is 1. The Labute approximate surface area is 158 Å². The van der Waals surface area contributed by atoms with Gasteiger partial charge < -0.3 is 15.4 Å². The lowest BCUT2D eigenvalue weighted by Crippen LogP contribution is -2.36. The number of hydrogen-bond donors (Lipinski definition) is 2. The van der Waals surface area contributed by atoms with Gasteiger partial charge in [-0.25, -0.2) is 4.79 Å². The summed E-state index contributed by atoms with van der Waals surface area (Å²) in [4.78, 5) is 39.6. The highest BCUT2D eigenvalue weighted by Gasteiger charge is 2.23. The summed E-state index contributed by atoms with van der Waals surface area (Å²) in [6.07, 6.45) is 1.40. The van der Waals surface area contributed by atoms with Crippen molar-refractivity contribution >= 4 is 24.0 Å². The van der Waals surface area contributed by atoms with E-state index in [2.05, 4.69) is 15.6 Å². The van der Waals surface area contributed by atoms with Gasteiger partial charge in [0.25, 0.3) is 0 Å². The fourth-order valence-corrected chi connectivity index (χ4v) is 2.39. The first kappa shape index (κ1) is 20.1. The summed E-state index contributed by atoms with van der Waals surface area (Å²) in [6, 6.07) is 11.7. The maximum absolute atomic E-state index is 12.5. The second kappa shape index (κ2) is 8.93. The van der Waals surface area contributed by atoms with E-state index >= 15 is 0 Å². The Bertz CT molecular complexity index is 800. The van der Waals surface area contributed by atoms with Crippen LogP contribution in [-0.2, 0) is 9.53 Å². The fourth-order valence-electron chi connectivity index (χ4n) is 2.39. The molecule has 7 heteroatoms. The molecule has 1 heterocycles. The first-order chi connectivity index (χ1) is 12.8. The highest BCUT2D eigenvalue weighted by molar-refractivity contribution is 5.95. The maximum atomic E-state index is 12.5. The molecule has 2 amide bonds. The van der Waals surface area contributed by atoms with E-state index in [1.54, 1.807) is 32.9 Å². The Morgan fingerprint density at radius 3 is 2.48 bits per heavy atom. The molecule has 2 N–H and O–H groups in total. The van der Waals surface area contributed by atoms with E-state index in [0.29, 0.717) is 12.0 Å². The van der Waals surface area contributed by atoms with E-state index in [1.165, 1.54) is 6.20 Å². The minimum absolute atomic E-state index is 0.0313. The van der Waals surface area contributed by atoms with Crippen molar-refractivity contribution in [1.29, 1.82) is 0 Å². The van der Waals surface area contributed by atoms with Gasteiger partial charge in [-0.1, -0.05) is 30.3 Å². The third-order valence-corrected chi connectivity index (χ3v) is 3.51. The zero-order chi connectivity index (χ0) is 19.9. The molecule has 142 valence electrons. The van der Waals surface area contributed by atoms with Crippen LogP contribution in [0.4, 0.5) is 10.5 Å². The van der Waals surface area contributed by atoms with Gasteiger partial charge in [-0.2, -0.15) is 0 Å². The van der Waals surface area contributed by atoms with Gasteiger partial charge in [0.2, 0.25) is 5.91 Å². The van der Waals surface area contributed by atoms with E-state index in [9.17, 15) is 14.4 Å². The van der Waals surface area contributed by atoms with Crippen molar-refractivity contribution in [3.8, 4) is 0 Å². The molecule has 0 radical (unpaired) electrons. The molecule has 7 nitrogen and oxygen atoms in total. The van der Waals surface area contributed by atoms with Gasteiger partial charge >= 0.3 is 6.09 Å². The largest absolute Gasteiger partial charge is 0.444 e. The van der Waals surface area contributed by atoms with Crippen LogP contribution in [0.3, 0.4) is 0 Å². The molecule has 2 aromatic rings. The number of anilines is 1. The number of benzene rings is 1. The van der Waals surface area contributed by atoms with E-state index in [-0.39, 0.29) is 18.0 Å². The van der Waals surface area contributed by atoms with Crippen molar-refractivity contribution in [3.63, 3.8) is 0 Å². The Morgan fingerprint density at radius 1 is 1.15 bits per heavy atom. The molecule has 0 bridgehead atoms. The molecule has 1 aromatic carbocycles. The van der Waals surface area contributed by atoms with E-state index in [1.807, 2.05) is 30.3 Å². The number of pyridine rings is 1. The van der Waals surface area contributed by atoms with Gasteiger partial charge in [0, 0.05) is 6.20 Å². The zero-order valence-corrected chi connectivity index (χ0v) is 15.6. The van der Waals surface area contributed by atoms with Gasteiger partial charge in [-0.15, -0.1) is 0 Å². The van der Waals surface area contributed by atoms with E-state index < -0.39 is 17.7 Å². The van der Waals surface area contributed by atoms with Crippen LogP contribution >= 0.6 is 0 Å². The SMILES string of the molecule is CC(C)(C)OC(=O)N[C@@H](CC(=O)Nc1cccnc1C=O)c1ccccc1. The Hall–Kier alpha value is -3.22. The molecule has 0 aliphatic rings. The van der Waals surface area contributed by atoms with Crippen molar-refractivity contribution < 1.29 is 19.1 Å². The summed E-state index contributed by atoms with van der Waals surface area (Å²) in [7, 11) is 0. The van der Waals surface area contributed by atoms with Gasteiger partial charge in [0.15, 0.2) is 6.29 Å². The molecule has 0 saturated heterocycles. The molecule has 0 spiro atoms. The monoisotopic (exact) mass is 369 g/mol.